The first-order chi connectivity index (χ1) is 13.9. The molecule has 0 aliphatic carbocycles. The van der Waals surface area contributed by atoms with Crippen LogP contribution < -0.4 is 4.74 Å². The molecule has 0 aliphatic rings. The third kappa shape index (κ3) is 7.83. The van der Waals surface area contributed by atoms with Crippen molar-refractivity contribution in [3.05, 3.63) is 74.9 Å². The molecule has 152 valence electrons. The van der Waals surface area contributed by atoms with Crippen molar-refractivity contribution < 1.29 is 28.2 Å². The Labute approximate surface area is 181 Å². The molecule has 0 saturated carbocycles. The molecule has 0 aromatic heterocycles. The Hall–Kier alpha value is -2.44. The van der Waals surface area contributed by atoms with Gasteiger partial charge in [0.15, 0.2) is 6.10 Å². The first kappa shape index (κ1) is 22.8. The van der Waals surface area contributed by atoms with Crippen LogP contribution in [0.1, 0.15) is 18.1 Å². The van der Waals surface area contributed by atoms with Gasteiger partial charge in [0, 0.05) is 24.7 Å². The van der Waals surface area contributed by atoms with E-state index >= 15 is 0 Å². The maximum Gasteiger partial charge on any atom is 0.333 e. The SMILES string of the molecule is CCO[C@@H](Cc1ccc(OC/C=C\C#Cc2cc(F)cc(F)c2)c(I)c1)C(=O)O. The molecule has 0 spiro atoms. The fourth-order valence-electron chi connectivity index (χ4n) is 2.42. The zero-order valence-corrected chi connectivity index (χ0v) is 17.8. The van der Waals surface area contributed by atoms with Gasteiger partial charge in [-0.3, -0.25) is 0 Å². The van der Waals surface area contributed by atoms with Crippen LogP contribution in [0.3, 0.4) is 0 Å². The van der Waals surface area contributed by atoms with Crippen molar-refractivity contribution in [3.63, 3.8) is 0 Å². The summed E-state index contributed by atoms with van der Waals surface area (Å²) >= 11 is 2.12. The predicted molar refractivity (Wildman–Crippen MR) is 114 cm³/mol. The van der Waals surface area contributed by atoms with Crippen molar-refractivity contribution in [2.24, 2.45) is 0 Å². The van der Waals surface area contributed by atoms with E-state index in [0.717, 1.165) is 27.3 Å². The smallest absolute Gasteiger partial charge is 0.333 e. The second-order valence-electron chi connectivity index (χ2n) is 5.89. The Morgan fingerprint density at radius 3 is 2.59 bits per heavy atom. The minimum atomic E-state index is -0.991. The summed E-state index contributed by atoms with van der Waals surface area (Å²) in [5.41, 5.74) is 1.09. The molecule has 0 aliphatic heterocycles. The number of ether oxygens (including phenoxy) is 2. The lowest BCUT2D eigenvalue weighted by molar-refractivity contribution is -0.149. The van der Waals surface area contributed by atoms with E-state index in [-0.39, 0.29) is 18.6 Å². The highest BCUT2D eigenvalue weighted by Gasteiger charge is 2.18. The quantitative estimate of drug-likeness (QED) is 0.416. The summed E-state index contributed by atoms with van der Waals surface area (Å²) in [6, 6.07) is 8.54. The van der Waals surface area contributed by atoms with Gasteiger partial charge in [-0.15, -0.1) is 0 Å². The lowest BCUT2D eigenvalue weighted by Crippen LogP contribution is -2.26. The Bertz CT molecular complexity index is 927. The maximum atomic E-state index is 13.1. The van der Waals surface area contributed by atoms with Gasteiger partial charge >= 0.3 is 5.97 Å². The van der Waals surface area contributed by atoms with Gasteiger partial charge in [-0.25, -0.2) is 13.6 Å². The van der Waals surface area contributed by atoms with Gasteiger partial charge in [-0.2, -0.15) is 0 Å². The van der Waals surface area contributed by atoms with Gasteiger partial charge in [0.05, 0.1) is 3.57 Å². The zero-order valence-electron chi connectivity index (χ0n) is 15.6. The first-order valence-corrected chi connectivity index (χ1v) is 9.85. The molecular formula is C22H19F2IO4. The number of carboxylic acid groups (broad SMARTS) is 1. The van der Waals surface area contributed by atoms with Crippen LogP contribution >= 0.6 is 22.6 Å². The normalized spacial score (nSPS) is 11.7. The van der Waals surface area contributed by atoms with E-state index in [9.17, 15) is 13.6 Å². The van der Waals surface area contributed by atoms with Gasteiger partial charge in [-0.05, 0) is 71.5 Å². The Morgan fingerprint density at radius 1 is 1.24 bits per heavy atom. The predicted octanol–water partition coefficient (Wildman–Crippen LogP) is 4.59. The van der Waals surface area contributed by atoms with Gasteiger partial charge in [-0.1, -0.05) is 17.9 Å². The van der Waals surface area contributed by atoms with Crippen LogP contribution in [0.4, 0.5) is 8.78 Å². The largest absolute Gasteiger partial charge is 0.488 e. The second kappa shape index (κ2) is 11.5. The standard InChI is InChI=1S/C22H19F2IO4/c1-2-28-21(22(26)27)13-16-7-8-20(19(25)12-16)29-9-5-3-4-6-15-10-17(23)14-18(24)11-15/h3,5,7-8,10-12,14,21H,2,9,13H2,1H3,(H,26,27)/b5-3-/t21-/m0/s1. The summed E-state index contributed by atoms with van der Waals surface area (Å²) in [6.45, 7) is 2.35. The van der Waals surface area contributed by atoms with E-state index in [0.29, 0.717) is 12.4 Å². The van der Waals surface area contributed by atoms with Crippen LogP contribution in [0, 0.1) is 27.0 Å². The Kier molecular flexibility index (Phi) is 9.09. The average Bonchev–Trinajstić information content (AvgIpc) is 2.64. The third-order valence-electron chi connectivity index (χ3n) is 3.68. The summed E-state index contributed by atoms with van der Waals surface area (Å²) in [6.07, 6.45) is 2.62. The monoisotopic (exact) mass is 512 g/mol. The number of hydrogen-bond acceptors (Lipinski definition) is 3. The van der Waals surface area contributed by atoms with Crippen LogP contribution in [-0.4, -0.2) is 30.4 Å². The molecule has 2 rings (SSSR count). The highest BCUT2D eigenvalue weighted by Crippen LogP contribution is 2.23. The molecule has 2 aromatic rings. The summed E-state index contributed by atoms with van der Waals surface area (Å²) in [5, 5.41) is 9.17. The van der Waals surface area contributed by atoms with E-state index in [2.05, 4.69) is 34.4 Å². The van der Waals surface area contributed by atoms with Crippen LogP contribution in [0.15, 0.2) is 48.6 Å². The van der Waals surface area contributed by atoms with Gasteiger partial charge < -0.3 is 14.6 Å². The number of hydrogen-bond donors (Lipinski definition) is 1. The van der Waals surface area contributed by atoms with Gasteiger partial charge in [0.2, 0.25) is 0 Å². The van der Waals surface area contributed by atoms with Crippen LogP contribution in [0.25, 0.3) is 0 Å². The molecule has 7 heteroatoms. The van der Waals surface area contributed by atoms with Crippen LogP contribution in [0.2, 0.25) is 0 Å². The van der Waals surface area contributed by atoms with Crippen molar-refractivity contribution in [2.75, 3.05) is 13.2 Å². The first-order valence-electron chi connectivity index (χ1n) is 8.77. The highest BCUT2D eigenvalue weighted by molar-refractivity contribution is 14.1. The third-order valence-corrected chi connectivity index (χ3v) is 4.52. The van der Waals surface area contributed by atoms with Crippen molar-refractivity contribution >= 4 is 28.6 Å². The summed E-state index contributed by atoms with van der Waals surface area (Å²) in [5.74, 6) is 3.66. The summed E-state index contributed by atoms with van der Waals surface area (Å²) in [4.78, 5) is 11.2. The fourth-order valence-corrected chi connectivity index (χ4v) is 3.15. The molecule has 2 aromatic carbocycles. The molecule has 0 saturated heterocycles. The van der Waals surface area contributed by atoms with Gasteiger partial charge in [0.25, 0.3) is 0 Å². The lowest BCUT2D eigenvalue weighted by atomic mass is 10.1. The van der Waals surface area contributed by atoms with E-state index in [1.807, 2.05) is 6.07 Å². The molecule has 1 N–H and O–H groups in total. The topological polar surface area (TPSA) is 55.8 Å². The van der Waals surface area contributed by atoms with E-state index in [1.54, 1.807) is 31.2 Å². The maximum absolute atomic E-state index is 13.1. The molecular weight excluding hydrogens is 493 g/mol. The molecule has 4 nitrogen and oxygen atoms in total. The Morgan fingerprint density at radius 2 is 1.97 bits per heavy atom. The highest BCUT2D eigenvalue weighted by atomic mass is 127. The molecule has 1 atom stereocenters. The number of aliphatic carboxylic acids is 1. The summed E-state index contributed by atoms with van der Waals surface area (Å²) < 4.78 is 37.9. The van der Waals surface area contributed by atoms with E-state index < -0.39 is 23.7 Å². The average molecular weight is 512 g/mol. The van der Waals surface area contributed by atoms with Crippen molar-refractivity contribution in [1.82, 2.24) is 0 Å². The molecule has 0 fully saturated rings. The fraction of sp³-hybridized carbons (Fsp3) is 0.227. The minimum Gasteiger partial charge on any atom is -0.488 e. The molecule has 0 bridgehead atoms. The molecule has 29 heavy (non-hydrogen) atoms. The number of benzene rings is 2. The lowest BCUT2D eigenvalue weighted by Gasteiger charge is -2.13. The van der Waals surface area contributed by atoms with Crippen molar-refractivity contribution in [3.8, 4) is 17.6 Å². The van der Waals surface area contributed by atoms with Crippen molar-refractivity contribution in [1.29, 1.82) is 0 Å². The Balaban J connectivity index is 1.90. The number of carboxylic acids is 1. The summed E-state index contributed by atoms with van der Waals surface area (Å²) in [7, 11) is 0. The van der Waals surface area contributed by atoms with Crippen LogP contribution in [-0.2, 0) is 16.0 Å². The molecule has 0 amide bonds. The number of carbonyl (C=O) groups is 1. The molecule has 0 unspecified atom stereocenters. The molecule has 0 radical (unpaired) electrons. The van der Waals surface area contributed by atoms with E-state index in [1.165, 1.54) is 0 Å². The molecule has 0 heterocycles. The number of allylic oxidation sites excluding steroid dienone is 1. The number of halogens is 3. The van der Waals surface area contributed by atoms with Gasteiger partial charge in [0.1, 0.15) is 24.0 Å². The van der Waals surface area contributed by atoms with E-state index in [4.69, 9.17) is 14.6 Å². The minimum absolute atomic E-state index is 0.255. The zero-order chi connectivity index (χ0) is 21.2. The van der Waals surface area contributed by atoms with Crippen LogP contribution in [0.5, 0.6) is 5.75 Å². The second-order valence-corrected chi connectivity index (χ2v) is 7.05. The van der Waals surface area contributed by atoms with Crippen molar-refractivity contribution in [2.45, 2.75) is 19.4 Å². The number of rotatable bonds is 8.